The fourth-order valence-electron chi connectivity index (χ4n) is 3.79. The van der Waals surface area contributed by atoms with Gasteiger partial charge in [0.25, 0.3) is 0 Å². The van der Waals surface area contributed by atoms with Crippen LogP contribution in [-0.2, 0) is 39.4 Å². The molecule has 32 heavy (non-hydrogen) atoms. The van der Waals surface area contributed by atoms with Gasteiger partial charge in [-0.25, -0.2) is 0 Å². The van der Waals surface area contributed by atoms with Crippen molar-refractivity contribution in [1.82, 2.24) is 0 Å². The Morgan fingerprint density at radius 3 is 1.19 bits per heavy atom. The highest BCUT2D eigenvalue weighted by Crippen LogP contribution is 2.25. The van der Waals surface area contributed by atoms with Crippen LogP contribution in [0.1, 0.15) is 58.2 Å². The fraction of sp³-hybridized carbons (Fsp3) is 0.696. The molecule has 0 unspecified atom stereocenters. The van der Waals surface area contributed by atoms with Crippen molar-refractivity contribution in [1.29, 1.82) is 5.26 Å². The average Bonchev–Trinajstić information content (AvgIpc) is 2.77. The summed E-state index contributed by atoms with van der Waals surface area (Å²) in [5.41, 5.74) is 2.67. The fourth-order valence-corrected chi connectivity index (χ4v) is 8.95. The number of nitriles is 1. The van der Waals surface area contributed by atoms with Crippen LogP contribution in [0.3, 0.4) is 0 Å². The van der Waals surface area contributed by atoms with Crippen molar-refractivity contribution in [3.63, 3.8) is 0 Å². The molecule has 0 spiro atoms. The summed E-state index contributed by atoms with van der Waals surface area (Å²) in [6.45, 7) is 14.9. The molecule has 0 aliphatic rings. The van der Waals surface area contributed by atoms with E-state index in [2.05, 4.69) is 6.07 Å². The maximum absolute atomic E-state index is 9.96. The molecule has 9 heteroatoms. The summed E-state index contributed by atoms with van der Waals surface area (Å²) >= 11 is 0. The minimum Gasteiger partial charge on any atom is -0.374 e. The minimum atomic E-state index is -2.77. The first-order chi connectivity index (χ1) is 15.5. The van der Waals surface area contributed by atoms with Gasteiger partial charge in [-0.2, -0.15) is 5.26 Å². The van der Waals surface area contributed by atoms with Gasteiger partial charge < -0.3 is 26.6 Å². The van der Waals surface area contributed by atoms with Gasteiger partial charge in [0.15, 0.2) is 0 Å². The molecule has 0 saturated heterocycles. The van der Waals surface area contributed by atoms with E-state index in [1.807, 2.05) is 59.7 Å². The largest absolute Gasteiger partial charge is 0.501 e. The molecule has 0 aliphatic carbocycles. The molecule has 0 aliphatic heterocycles. The van der Waals surface area contributed by atoms with Crippen LogP contribution in [0.25, 0.3) is 0 Å². The van der Waals surface area contributed by atoms with E-state index in [4.69, 9.17) is 26.6 Å². The van der Waals surface area contributed by atoms with Gasteiger partial charge in [-0.05, 0) is 65.5 Å². The lowest BCUT2D eigenvalue weighted by Crippen LogP contribution is -2.46. The minimum absolute atomic E-state index is 0.538. The number of benzene rings is 1. The lowest BCUT2D eigenvalue weighted by atomic mass is 9.99. The molecule has 182 valence electrons. The number of aryl methyl sites for hydroxylation is 2. The summed E-state index contributed by atoms with van der Waals surface area (Å²) in [6, 6.07) is 9.69. The molecule has 0 amide bonds. The molecule has 0 atom stereocenters. The average molecular weight is 484 g/mol. The van der Waals surface area contributed by atoms with Gasteiger partial charge in [-0.3, -0.25) is 0 Å². The van der Waals surface area contributed by atoms with Gasteiger partial charge in [0.05, 0.1) is 11.6 Å². The molecule has 0 aromatic heterocycles. The summed E-state index contributed by atoms with van der Waals surface area (Å²) in [4.78, 5) is 0. The second-order valence-electron chi connectivity index (χ2n) is 7.03. The summed E-state index contributed by atoms with van der Waals surface area (Å²) < 4.78 is 35.9. The second-order valence-corrected chi connectivity index (χ2v) is 12.5. The van der Waals surface area contributed by atoms with Crippen molar-refractivity contribution in [2.24, 2.45) is 0 Å². The molecule has 0 saturated carbocycles. The zero-order valence-corrected chi connectivity index (χ0v) is 22.7. The first-order valence-electron chi connectivity index (χ1n) is 11.8. The molecule has 0 fully saturated rings. The molecule has 7 nitrogen and oxygen atoms in total. The summed E-state index contributed by atoms with van der Waals surface area (Å²) in [7, 11) is -5.55. The molecule has 0 N–H and O–H groups in total. The maximum Gasteiger partial charge on any atom is 0.501 e. The Morgan fingerprint density at radius 1 is 0.625 bits per heavy atom. The van der Waals surface area contributed by atoms with E-state index in [9.17, 15) is 5.26 Å². The first-order valence-corrected chi connectivity index (χ1v) is 15.7. The van der Waals surface area contributed by atoms with E-state index in [0.29, 0.717) is 70.1 Å². The Bertz CT molecular complexity index is 615. The third-order valence-electron chi connectivity index (χ3n) is 4.94. The SMILES string of the molecule is CCO[Si](CCc1cccc(CC[Si](OCC)(OCC)OCC)c1C#N)(OCC)OCC. The summed E-state index contributed by atoms with van der Waals surface area (Å²) in [5, 5.41) is 9.96. The third-order valence-corrected chi connectivity index (χ3v) is 11.0. The van der Waals surface area contributed by atoms with Crippen LogP contribution < -0.4 is 0 Å². The topological polar surface area (TPSA) is 79.2 Å². The predicted octanol–water partition coefficient (Wildman–Crippen LogP) is 4.74. The van der Waals surface area contributed by atoms with E-state index < -0.39 is 17.6 Å². The Balaban J connectivity index is 3.08. The highest BCUT2D eigenvalue weighted by molar-refractivity contribution is 6.61. The van der Waals surface area contributed by atoms with Crippen LogP contribution in [0.2, 0.25) is 12.1 Å². The maximum atomic E-state index is 9.96. The number of rotatable bonds is 18. The molecular formula is C23H41NO6Si2. The van der Waals surface area contributed by atoms with E-state index in [1.54, 1.807) is 0 Å². The van der Waals surface area contributed by atoms with Gasteiger partial charge in [0.1, 0.15) is 0 Å². The lowest BCUT2D eigenvalue weighted by molar-refractivity contribution is 0.0707. The molecule has 1 aromatic rings. The standard InChI is InChI=1S/C23H41NO6Si2/c1-7-25-31(26-8-2,27-9-3)18-16-21-14-13-15-22(23(21)20-24)17-19-32(28-10-4,29-11-5)30-12-6/h13-15H,7-12,16-19H2,1-6H3. The van der Waals surface area contributed by atoms with Gasteiger partial charge >= 0.3 is 17.6 Å². The van der Waals surface area contributed by atoms with Gasteiger partial charge in [0.2, 0.25) is 0 Å². The predicted molar refractivity (Wildman–Crippen MR) is 129 cm³/mol. The second kappa shape index (κ2) is 15.7. The zero-order valence-electron chi connectivity index (χ0n) is 20.7. The lowest BCUT2D eigenvalue weighted by Gasteiger charge is -2.29. The van der Waals surface area contributed by atoms with Crippen LogP contribution >= 0.6 is 0 Å². The summed E-state index contributed by atoms with van der Waals surface area (Å²) in [5.74, 6) is 0. The van der Waals surface area contributed by atoms with Crippen LogP contribution in [0, 0.1) is 11.3 Å². The van der Waals surface area contributed by atoms with Gasteiger partial charge in [-0.15, -0.1) is 0 Å². The molecule has 0 radical (unpaired) electrons. The Hall–Kier alpha value is -1.10. The molecule has 0 heterocycles. The summed E-state index contributed by atoms with van der Waals surface area (Å²) in [6.07, 6.45) is 1.32. The van der Waals surface area contributed by atoms with Crippen LogP contribution in [0.4, 0.5) is 0 Å². The smallest absolute Gasteiger partial charge is 0.374 e. The van der Waals surface area contributed by atoms with Crippen molar-refractivity contribution in [3.8, 4) is 6.07 Å². The number of hydrogen-bond acceptors (Lipinski definition) is 7. The van der Waals surface area contributed by atoms with Crippen molar-refractivity contribution in [2.45, 2.75) is 66.5 Å². The quantitative estimate of drug-likeness (QED) is 0.279. The highest BCUT2D eigenvalue weighted by Gasteiger charge is 2.41. The van der Waals surface area contributed by atoms with Crippen LogP contribution in [-0.4, -0.2) is 57.3 Å². The van der Waals surface area contributed by atoms with E-state index in [-0.39, 0.29) is 0 Å². The van der Waals surface area contributed by atoms with Crippen molar-refractivity contribution in [3.05, 3.63) is 34.9 Å². The Labute approximate surface area is 196 Å². The van der Waals surface area contributed by atoms with E-state index in [1.165, 1.54) is 0 Å². The monoisotopic (exact) mass is 483 g/mol. The zero-order chi connectivity index (χ0) is 23.9. The van der Waals surface area contributed by atoms with Crippen molar-refractivity contribution >= 4 is 17.6 Å². The first kappa shape index (κ1) is 28.9. The Morgan fingerprint density at radius 2 is 0.938 bits per heavy atom. The van der Waals surface area contributed by atoms with Crippen LogP contribution in [0.5, 0.6) is 0 Å². The molecule has 0 bridgehead atoms. The van der Waals surface area contributed by atoms with Crippen LogP contribution in [0.15, 0.2) is 18.2 Å². The molecule has 1 rings (SSSR count). The Kier molecular flexibility index (Phi) is 14.2. The van der Waals surface area contributed by atoms with E-state index >= 15 is 0 Å². The van der Waals surface area contributed by atoms with Gasteiger partial charge in [-0.1, -0.05) is 18.2 Å². The number of nitrogens with zero attached hydrogens (tertiary/aromatic N) is 1. The molecular weight excluding hydrogens is 442 g/mol. The van der Waals surface area contributed by atoms with E-state index in [0.717, 1.165) is 11.1 Å². The molecule has 1 aromatic carbocycles. The van der Waals surface area contributed by atoms with Gasteiger partial charge in [0, 0.05) is 51.7 Å². The highest BCUT2D eigenvalue weighted by atomic mass is 28.4. The van der Waals surface area contributed by atoms with Crippen molar-refractivity contribution < 1.29 is 26.6 Å². The third kappa shape index (κ3) is 8.69. The number of hydrogen-bond donors (Lipinski definition) is 0. The van der Waals surface area contributed by atoms with Crippen molar-refractivity contribution in [2.75, 3.05) is 39.6 Å². The normalized spacial score (nSPS) is 12.2.